The first kappa shape index (κ1) is 41.0. The van der Waals surface area contributed by atoms with Gasteiger partial charge in [0.25, 0.3) is 0 Å². The highest BCUT2D eigenvalue weighted by molar-refractivity contribution is 7.98. The van der Waals surface area contributed by atoms with E-state index in [-0.39, 0.29) is 35.8 Å². The first-order valence-electron chi connectivity index (χ1n) is 18.6. The van der Waals surface area contributed by atoms with E-state index in [4.69, 9.17) is 10.5 Å². The Morgan fingerprint density at radius 1 is 0.909 bits per heavy atom. The molecule has 1 aliphatic heterocycles. The van der Waals surface area contributed by atoms with Gasteiger partial charge < -0.3 is 36.6 Å². The first-order valence-corrected chi connectivity index (χ1v) is 19.8. The van der Waals surface area contributed by atoms with Gasteiger partial charge in [-0.05, 0) is 55.4 Å². The molecule has 55 heavy (non-hydrogen) atoms. The zero-order valence-electron chi connectivity index (χ0n) is 31.5. The summed E-state index contributed by atoms with van der Waals surface area (Å²) in [5, 5.41) is 11.5. The van der Waals surface area contributed by atoms with Crippen molar-refractivity contribution in [3.05, 3.63) is 94.5 Å². The molecule has 5 rings (SSSR count). The van der Waals surface area contributed by atoms with Crippen LogP contribution in [0, 0.1) is 5.92 Å². The summed E-state index contributed by atoms with van der Waals surface area (Å²) in [4.78, 5) is 80.5. The molecule has 0 bridgehead atoms. The Morgan fingerprint density at radius 2 is 1.62 bits per heavy atom. The van der Waals surface area contributed by atoms with Crippen LogP contribution in [0.5, 0.6) is 5.75 Å². The summed E-state index contributed by atoms with van der Waals surface area (Å²) in [5.74, 6) is -0.144. The minimum atomic E-state index is -0.867. The number of ketones is 2. The Morgan fingerprint density at radius 3 is 2.33 bits per heavy atom. The van der Waals surface area contributed by atoms with Crippen LogP contribution in [0.1, 0.15) is 76.9 Å². The van der Waals surface area contributed by atoms with Crippen LogP contribution >= 0.6 is 11.8 Å². The van der Waals surface area contributed by atoms with Gasteiger partial charge in [-0.3, -0.25) is 28.8 Å². The average Bonchev–Trinajstić information content (AvgIpc) is 3.68. The van der Waals surface area contributed by atoms with Gasteiger partial charge in [-0.1, -0.05) is 62.4 Å². The predicted molar refractivity (Wildman–Crippen MR) is 212 cm³/mol. The van der Waals surface area contributed by atoms with Crippen molar-refractivity contribution in [1.29, 1.82) is 0 Å². The molecule has 3 aromatic carbocycles. The standard InChI is InChI=1S/C41H50N6O7S/c1-25(2)21-33(46-35(48)22-45-39(51)31(42)24-55-23-26-14-16-27(54-3)17-15-26)41(53)47-20-7-13-34(47)40(52)44-19-8-18-43-32-12-6-11-30-36(32)38(50)29-10-5-4-9-28(29)37(30)49/h4-6,9-12,14-17,25,31,33-34,43H,7-8,13,18-24,42H2,1-3H3,(H,44,52)(H,45,51)(H,46,48)/t31-,33-,34-/m0/s1. The molecular formula is C41H50N6O7S. The number of nitrogens with zero attached hydrogens (tertiary/aromatic N) is 1. The zero-order valence-corrected chi connectivity index (χ0v) is 32.3. The summed E-state index contributed by atoms with van der Waals surface area (Å²) in [6.45, 7) is 4.69. The molecule has 1 aliphatic carbocycles. The zero-order chi connectivity index (χ0) is 39.5. The number of anilines is 1. The van der Waals surface area contributed by atoms with E-state index in [9.17, 15) is 28.8 Å². The summed E-state index contributed by atoms with van der Waals surface area (Å²) in [6.07, 6.45) is 2.03. The van der Waals surface area contributed by atoms with Crippen molar-refractivity contribution >= 4 is 52.6 Å². The Labute approximate surface area is 325 Å². The van der Waals surface area contributed by atoms with Crippen LogP contribution in [0.2, 0.25) is 0 Å². The number of hydrogen-bond donors (Lipinski definition) is 5. The number of hydrogen-bond acceptors (Lipinski definition) is 10. The number of methoxy groups -OCH3 is 1. The number of rotatable bonds is 18. The number of nitrogens with one attached hydrogen (secondary N) is 4. The number of ether oxygens (including phenoxy) is 1. The van der Waals surface area contributed by atoms with Crippen LogP contribution < -0.4 is 31.7 Å². The van der Waals surface area contributed by atoms with Crippen molar-refractivity contribution in [1.82, 2.24) is 20.9 Å². The van der Waals surface area contributed by atoms with Crippen molar-refractivity contribution in [3.63, 3.8) is 0 Å². The van der Waals surface area contributed by atoms with E-state index in [0.717, 1.165) is 11.3 Å². The topological polar surface area (TPSA) is 189 Å². The van der Waals surface area contributed by atoms with Gasteiger partial charge >= 0.3 is 0 Å². The van der Waals surface area contributed by atoms with E-state index in [0.29, 0.717) is 84.8 Å². The fraction of sp³-hybridized carbons (Fsp3) is 0.415. The van der Waals surface area contributed by atoms with Crippen LogP contribution in [0.25, 0.3) is 0 Å². The van der Waals surface area contributed by atoms with Crippen molar-refractivity contribution in [2.24, 2.45) is 11.7 Å². The average molecular weight is 771 g/mol. The molecule has 13 nitrogen and oxygen atoms in total. The van der Waals surface area contributed by atoms with Crippen LogP contribution in [0.3, 0.4) is 0 Å². The molecule has 1 fully saturated rings. The molecule has 1 saturated heterocycles. The monoisotopic (exact) mass is 770 g/mol. The van der Waals surface area contributed by atoms with Gasteiger partial charge in [0.1, 0.15) is 17.8 Å². The van der Waals surface area contributed by atoms with E-state index in [1.165, 1.54) is 16.7 Å². The Hall–Kier alpha value is -5.21. The van der Waals surface area contributed by atoms with Gasteiger partial charge in [0, 0.05) is 53.5 Å². The van der Waals surface area contributed by atoms with Crippen LogP contribution in [0.15, 0.2) is 66.7 Å². The molecule has 4 amide bonds. The normalized spacial score (nSPS) is 15.8. The van der Waals surface area contributed by atoms with E-state index in [1.54, 1.807) is 49.6 Å². The fourth-order valence-electron chi connectivity index (χ4n) is 6.77. The van der Waals surface area contributed by atoms with Gasteiger partial charge in [0.2, 0.25) is 23.6 Å². The lowest BCUT2D eigenvalue weighted by Crippen LogP contribution is -2.55. The molecule has 6 N–H and O–H groups in total. The first-order chi connectivity index (χ1) is 26.5. The van der Waals surface area contributed by atoms with Crippen LogP contribution in [-0.2, 0) is 24.9 Å². The quantitative estimate of drug-likeness (QED) is 0.0940. The van der Waals surface area contributed by atoms with Crippen LogP contribution in [-0.4, -0.2) is 97.3 Å². The van der Waals surface area contributed by atoms with Gasteiger partial charge in [-0.15, -0.1) is 0 Å². The predicted octanol–water partition coefficient (Wildman–Crippen LogP) is 3.29. The lowest BCUT2D eigenvalue weighted by molar-refractivity contribution is -0.141. The largest absolute Gasteiger partial charge is 0.497 e. The lowest BCUT2D eigenvalue weighted by atomic mass is 9.83. The second-order valence-electron chi connectivity index (χ2n) is 14.1. The third kappa shape index (κ3) is 10.5. The minimum absolute atomic E-state index is 0.0701. The Balaban J connectivity index is 1.06. The van der Waals surface area contributed by atoms with Crippen molar-refractivity contribution in [2.75, 3.05) is 44.4 Å². The number of carbonyl (C=O) groups is 6. The number of thioether (sulfide) groups is 1. The highest BCUT2D eigenvalue weighted by Crippen LogP contribution is 2.32. The maximum absolute atomic E-state index is 13.8. The molecule has 0 saturated carbocycles. The van der Waals surface area contributed by atoms with E-state index in [2.05, 4.69) is 21.3 Å². The smallest absolute Gasteiger partial charge is 0.245 e. The summed E-state index contributed by atoms with van der Waals surface area (Å²) in [5.41, 5.74) is 9.19. The van der Waals surface area contributed by atoms with Crippen LogP contribution in [0.4, 0.5) is 5.69 Å². The molecule has 292 valence electrons. The molecule has 0 spiro atoms. The number of amides is 4. The summed E-state index contributed by atoms with van der Waals surface area (Å²) in [7, 11) is 1.60. The van der Waals surface area contributed by atoms with E-state index >= 15 is 0 Å². The number of carbonyl (C=O) groups excluding carboxylic acids is 6. The minimum Gasteiger partial charge on any atom is -0.497 e. The summed E-state index contributed by atoms with van der Waals surface area (Å²) >= 11 is 1.50. The van der Waals surface area contributed by atoms with Crippen molar-refractivity contribution in [2.45, 2.75) is 63.4 Å². The maximum Gasteiger partial charge on any atom is 0.245 e. The van der Waals surface area contributed by atoms with Crippen molar-refractivity contribution < 1.29 is 33.5 Å². The van der Waals surface area contributed by atoms with E-state index < -0.39 is 29.9 Å². The van der Waals surface area contributed by atoms with Gasteiger partial charge in [0.15, 0.2) is 11.6 Å². The number of likely N-dealkylation sites (tertiary alicyclic amines) is 1. The summed E-state index contributed by atoms with van der Waals surface area (Å²) in [6, 6.07) is 17.2. The fourth-order valence-corrected chi connectivity index (χ4v) is 7.73. The molecule has 0 unspecified atom stereocenters. The molecule has 3 aromatic rings. The molecule has 3 atom stereocenters. The molecule has 2 aliphatic rings. The summed E-state index contributed by atoms with van der Waals surface area (Å²) < 4.78 is 5.17. The third-order valence-electron chi connectivity index (χ3n) is 9.58. The number of nitrogens with two attached hydrogens (primary N) is 1. The second kappa shape index (κ2) is 19.4. The Kier molecular flexibility index (Phi) is 14.4. The molecule has 14 heteroatoms. The molecule has 0 aromatic heterocycles. The third-order valence-corrected chi connectivity index (χ3v) is 10.7. The van der Waals surface area contributed by atoms with Crippen molar-refractivity contribution in [3.8, 4) is 5.75 Å². The highest BCUT2D eigenvalue weighted by atomic mass is 32.2. The molecule has 1 heterocycles. The SMILES string of the molecule is COc1ccc(CSC[C@H](N)C(=O)NCC(=O)N[C@@H](CC(C)C)C(=O)N2CCC[C@H]2C(=O)NCCCNc2cccc3c2C(=O)c2ccccc2C3=O)cc1. The van der Waals surface area contributed by atoms with Gasteiger partial charge in [0.05, 0.1) is 25.3 Å². The lowest BCUT2D eigenvalue weighted by Gasteiger charge is -2.29. The Bertz CT molecular complexity index is 1880. The van der Waals surface area contributed by atoms with Gasteiger partial charge in [-0.25, -0.2) is 0 Å². The van der Waals surface area contributed by atoms with Gasteiger partial charge in [-0.2, -0.15) is 11.8 Å². The second-order valence-corrected chi connectivity index (χ2v) is 15.2. The van der Waals surface area contributed by atoms with E-state index in [1.807, 2.05) is 38.1 Å². The highest BCUT2D eigenvalue weighted by Gasteiger charge is 2.38. The molecule has 0 radical (unpaired) electrons. The molecular weight excluding hydrogens is 721 g/mol. The number of fused-ring (bicyclic) bond motifs is 2. The maximum atomic E-state index is 13.8. The number of benzene rings is 3.